The van der Waals surface area contributed by atoms with Crippen LogP contribution in [0.25, 0.3) is 17.3 Å². The van der Waals surface area contributed by atoms with E-state index in [4.69, 9.17) is 8.83 Å². The molecule has 30 heavy (non-hydrogen) atoms. The number of hydrogen-bond donors (Lipinski definition) is 1. The van der Waals surface area contributed by atoms with Crippen LogP contribution in [0.1, 0.15) is 24.2 Å². The first-order valence-electron chi connectivity index (χ1n) is 9.69. The van der Waals surface area contributed by atoms with Crippen molar-refractivity contribution < 1.29 is 13.6 Å². The van der Waals surface area contributed by atoms with E-state index in [1.165, 1.54) is 0 Å². The summed E-state index contributed by atoms with van der Waals surface area (Å²) < 4.78 is 12.8. The minimum Gasteiger partial charge on any atom is -0.467 e. The standard InChI is InChI=1S/C22H22N4O3S/c1-16-7-2-3-9-18(16)26-21(19-10-5-13-29-19)24-25-22(26)30-14-6-11-20(27)23-15-17-8-4-12-28-17/h2-5,7-10,12-13H,6,11,14-15H2,1H3,(H,23,27). The van der Waals surface area contributed by atoms with Gasteiger partial charge in [-0.05, 0) is 49.2 Å². The van der Waals surface area contributed by atoms with E-state index in [9.17, 15) is 4.79 Å². The van der Waals surface area contributed by atoms with Crippen LogP contribution in [0.2, 0.25) is 0 Å². The lowest BCUT2D eigenvalue weighted by Gasteiger charge is -2.11. The zero-order chi connectivity index (χ0) is 20.8. The van der Waals surface area contributed by atoms with Crippen LogP contribution in [-0.4, -0.2) is 26.4 Å². The molecule has 1 N–H and O–H groups in total. The number of nitrogens with zero attached hydrogens (tertiary/aromatic N) is 3. The van der Waals surface area contributed by atoms with E-state index in [-0.39, 0.29) is 5.91 Å². The largest absolute Gasteiger partial charge is 0.467 e. The smallest absolute Gasteiger partial charge is 0.220 e. The monoisotopic (exact) mass is 422 g/mol. The summed E-state index contributed by atoms with van der Waals surface area (Å²) in [5.74, 6) is 2.82. The van der Waals surface area contributed by atoms with E-state index < -0.39 is 0 Å². The maximum Gasteiger partial charge on any atom is 0.220 e. The Bertz CT molecular complexity index is 1090. The van der Waals surface area contributed by atoms with Crippen molar-refractivity contribution in [3.05, 3.63) is 72.4 Å². The summed E-state index contributed by atoms with van der Waals surface area (Å²) in [6.07, 6.45) is 4.39. The number of carbonyl (C=O) groups excluding carboxylic acids is 1. The average Bonchev–Trinajstić information content (AvgIpc) is 3.52. The Morgan fingerprint density at radius 2 is 1.90 bits per heavy atom. The highest BCUT2D eigenvalue weighted by Crippen LogP contribution is 2.30. The minimum absolute atomic E-state index is 0.00338. The SMILES string of the molecule is Cc1ccccc1-n1c(SCCCC(=O)NCc2ccco2)nnc1-c1ccco1. The zero-order valence-corrected chi connectivity index (χ0v) is 17.4. The van der Waals surface area contributed by atoms with E-state index in [0.717, 1.165) is 34.3 Å². The first-order valence-corrected chi connectivity index (χ1v) is 10.7. The van der Waals surface area contributed by atoms with Crippen molar-refractivity contribution >= 4 is 17.7 Å². The number of nitrogens with one attached hydrogen (secondary N) is 1. The second-order valence-electron chi connectivity index (χ2n) is 6.71. The van der Waals surface area contributed by atoms with E-state index >= 15 is 0 Å². The lowest BCUT2D eigenvalue weighted by molar-refractivity contribution is -0.121. The van der Waals surface area contributed by atoms with Gasteiger partial charge in [-0.1, -0.05) is 30.0 Å². The van der Waals surface area contributed by atoms with Crippen molar-refractivity contribution in [2.75, 3.05) is 5.75 Å². The van der Waals surface area contributed by atoms with Crippen LogP contribution in [0.3, 0.4) is 0 Å². The van der Waals surface area contributed by atoms with E-state index in [2.05, 4.69) is 28.5 Å². The van der Waals surface area contributed by atoms with Gasteiger partial charge >= 0.3 is 0 Å². The Kier molecular flexibility index (Phi) is 6.34. The van der Waals surface area contributed by atoms with Crippen LogP contribution < -0.4 is 5.32 Å². The topological polar surface area (TPSA) is 86.1 Å². The lowest BCUT2D eigenvalue weighted by Crippen LogP contribution is -2.22. The molecule has 0 spiro atoms. The highest BCUT2D eigenvalue weighted by Gasteiger charge is 2.19. The molecule has 3 heterocycles. The molecule has 0 saturated carbocycles. The molecule has 0 saturated heterocycles. The first kappa shape index (κ1) is 20.0. The van der Waals surface area contributed by atoms with Crippen LogP contribution in [0.15, 0.2) is 75.0 Å². The summed E-state index contributed by atoms with van der Waals surface area (Å²) in [5, 5.41) is 12.4. The third kappa shape index (κ3) is 4.65. The number of carbonyl (C=O) groups is 1. The third-order valence-corrected chi connectivity index (χ3v) is 5.57. The molecule has 0 bridgehead atoms. The van der Waals surface area contributed by atoms with Crippen LogP contribution in [0, 0.1) is 6.92 Å². The number of rotatable bonds is 9. The second kappa shape index (κ2) is 9.49. The van der Waals surface area contributed by atoms with Gasteiger partial charge in [0.25, 0.3) is 0 Å². The fourth-order valence-electron chi connectivity index (χ4n) is 3.04. The maximum atomic E-state index is 12.0. The molecular formula is C22H22N4O3S. The Morgan fingerprint density at radius 1 is 1.07 bits per heavy atom. The molecule has 4 rings (SSSR count). The number of hydrogen-bond acceptors (Lipinski definition) is 6. The van der Waals surface area contributed by atoms with E-state index in [1.54, 1.807) is 30.4 Å². The number of thioether (sulfide) groups is 1. The van der Waals surface area contributed by atoms with Crippen LogP contribution in [0.5, 0.6) is 0 Å². The van der Waals surface area contributed by atoms with Gasteiger partial charge in [-0.2, -0.15) is 0 Å². The average molecular weight is 423 g/mol. The summed E-state index contributed by atoms with van der Waals surface area (Å²) in [6.45, 7) is 2.46. The summed E-state index contributed by atoms with van der Waals surface area (Å²) in [4.78, 5) is 12.0. The predicted octanol–water partition coefficient (Wildman–Crippen LogP) is 4.62. The number of aryl methyl sites for hydroxylation is 1. The molecule has 7 nitrogen and oxygen atoms in total. The van der Waals surface area contributed by atoms with Gasteiger partial charge in [0.1, 0.15) is 5.76 Å². The molecule has 8 heteroatoms. The third-order valence-electron chi connectivity index (χ3n) is 4.55. The summed E-state index contributed by atoms with van der Waals surface area (Å²) in [6, 6.07) is 15.4. The van der Waals surface area contributed by atoms with Gasteiger partial charge in [0.15, 0.2) is 10.9 Å². The van der Waals surface area contributed by atoms with Gasteiger partial charge in [-0.3, -0.25) is 9.36 Å². The molecule has 0 atom stereocenters. The molecule has 1 amide bonds. The fraction of sp³-hybridized carbons (Fsp3) is 0.227. The Hall–Kier alpha value is -3.26. The lowest BCUT2D eigenvalue weighted by atomic mass is 10.2. The Morgan fingerprint density at radius 3 is 2.67 bits per heavy atom. The molecule has 0 fully saturated rings. The second-order valence-corrected chi connectivity index (χ2v) is 7.78. The van der Waals surface area contributed by atoms with Crippen LogP contribution in [0.4, 0.5) is 0 Å². The van der Waals surface area contributed by atoms with Crippen LogP contribution >= 0.6 is 11.8 Å². The molecule has 3 aromatic heterocycles. The van der Waals surface area contributed by atoms with Crippen molar-refractivity contribution in [1.82, 2.24) is 20.1 Å². The predicted molar refractivity (Wildman–Crippen MR) is 114 cm³/mol. The van der Waals surface area contributed by atoms with Crippen molar-refractivity contribution in [2.45, 2.75) is 31.5 Å². The Balaban J connectivity index is 1.40. The highest BCUT2D eigenvalue weighted by molar-refractivity contribution is 7.99. The zero-order valence-electron chi connectivity index (χ0n) is 16.6. The number of benzene rings is 1. The molecular weight excluding hydrogens is 400 g/mol. The normalized spacial score (nSPS) is 11.0. The summed E-state index contributed by atoms with van der Waals surface area (Å²) in [5.41, 5.74) is 2.12. The van der Waals surface area contributed by atoms with Gasteiger partial charge < -0.3 is 14.2 Å². The molecule has 0 aliphatic rings. The summed E-state index contributed by atoms with van der Waals surface area (Å²) in [7, 11) is 0. The number of aromatic nitrogens is 3. The molecule has 0 aliphatic heterocycles. The number of para-hydroxylation sites is 1. The molecule has 4 aromatic rings. The minimum atomic E-state index is 0.00338. The highest BCUT2D eigenvalue weighted by atomic mass is 32.2. The van der Waals surface area contributed by atoms with Gasteiger partial charge in [0.2, 0.25) is 11.7 Å². The quantitative estimate of drug-likeness (QED) is 0.313. The first-order chi connectivity index (χ1) is 14.7. The van der Waals surface area contributed by atoms with Gasteiger partial charge in [-0.15, -0.1) is 10.2 Å². The van der Waals surface area contributed by atoms with Crippen molar-refractivity contribution in [2.24, 2.45) is 0 Å². The molecule has 0 unspecified atom stereocenters. The summed E-state index contributed by atoms with van der Waals surface area (Å²) >= 11 is 1.58. The maximum absolute atomic E-state index is 12.0. The fourth-order valence-corrected chi connectivity index (χ4v) is 3.93. The molecule has 154 valence electrons. The molecule has 0 aliphatic carbocycles. The van der Waals surface area contributed by atoms with Crippen molar-refractivity contribution in [3.8, 4) is 17.3 Å². The Labute approximate surface area is 178 Å². The van der Waals surface area contributed by atoms with Gasteiger partial charge in [0, 0.05) is 12.2 Å². The number of amides is 1. The van der Waals surface area contributed by atoms with Crippen molar-refractivity contribution in [1.29, 1.82) is 0 Å². The van der Waals surface area contributed by atoms with Crippen LogP contribution in [-0.2, 0) is 11.3 Å². The van der Waals surface area contributed by atoms with E-state index in [0.29, 0.717) is 24.6 Å². The number of furan rings is 2. The van der Waals surface area contributed by atoms with Gasteiger partial charge in [-0.25, -0.2) is 0 Å². The molecule has 0 radical (unpaired) electrons. The molecule has 1 aromatic carbocycles. The van der Waals surface area contributed by atoms with Gasteiger partial charge in [0.05, 0.1) is 24.8 Å². The van der Waals surface area contributed by atoms with E-state index in [1.807, 2.05) is 41.0 Å². The van der Waals surface area contributed by atoms with Crippen molar-refractivity contribution in [3.63, 3.8) is 0 Å².